The van der Waals surface area contributed by atoms with E-state index in [1.165, 1.54) is 0 Å². The summed E-state index contributed by atoms with van der Waals surface area (Å²) in [6, 6.07) is 7.45. The maximum Gasteiger partial charge on any atom is 0.213 e. The summed E-state index contributed by atoms with van der Waals surface area (Å²) in [5.74, 6) is 0.0459. The van der Waals surface area contributed by atoms with Gasteiger partial charge in [0, 0.05) is 16.9 Å². The van der Waals surface area contributed by atoms with Crippen molar-refractivity contribution in [1.29, 1.82) is 0 Å². The Morgan fingerprint density at radius 3 is 2.60 bits per heavy atom. The van der Waals surface area contributed by atoms with Crippen molar-refractivity contribution >= 4 is 37.6 Å². The molecule has 0 unspecified atom stereocenters. The third-order valence-corrected chi connectivity index (χ3v) is 4.30. The van der Waals surface area contributed by atoms with E-state index in [0.717, 1.165) is 10.0 Å². The van der Waals surface area contributed by atoms with Gasteiger partial charge in [0.2, 0.25) is 10.0 Å². The third-order valence-electron chi connectivity index (χ3n) is 1.79. The van der Waals surface area contributed by atoms with Crippen molar-refractivity contribution in [3.8, 4) is 0 Å². The minimum Gasteiger partial charge on any atom is -0.212 e. The van der Waals surface area contributed by atoms with Gasteiger partial charge in [-0.1, -0.05) is 34.1 Å². The molecule has 0 aliphatic carbocycles. The molecule has 0 aromatic heterocycles. The summed E-state index contributed by atoms with van der Waals surface area (Å²) in [6.07, 6.45) is 0. The molecule has 1 rings (SSSR count). The number of rotatable bonds is 5. The van der Waals surface area contributed by atoms with Gasteiger partial charge in [-0.05, 0) is 11.6 Å². The highest BCUT2D eigenvalue weighted by Gasteiger charge is 2.09. The topological polar surface area (TPSA) is 46.2 Å². The van der Waals surface area contributed by atoms with Gasteiger partial charge < -0.3 is 0 Å². The van der Waals surface area contributed by atoms with Crippen LogP contribution in [0, 0.1) is 0 Å². The average molecular weight is 313 g/mol. The van der Waals surface area contributed by atoms with Gasteiger partial charge in [-0.2, -0.15) is 0 Å². The molecule has 84 valence electrons. The fourth-order valence-corrected chi connectivity index (χ4v) is 2.76. The van der Waals surface area contributed by atoms with Crippen LogP contribution in [0.15, 0.2) is 28.7 Å². The zero-order valence-electron chi connectivity index (χ0n) is 7.91. The minimum atomic E-state index is -3.25. The number of sulfonamides is 1. The van der Waals surface area contributed by atoms with E-state index in [1.807, 2.05) is 24.3 Å². The highest BCUT2D eigenvalue weighted by Crippen LogP contribution is 2.15. The van der Waals surface area contributed by atoms with E-state index in [1.54, 1.807) is 0 Å². The molecule has 15 heavy (non-hydrogen) atoms. The molecule has 6 heteroatoms. The van der Waals surface area contributed by atoms with Crippen LogP contribution in [-0.2, 0) is 16.6 Å². The summed E-state index contributed by atoms with van der Waals surface area (Å²) in [6.45, 7) is 0.278. The maximum absolute atomic E-state index is 11.3. The first kappa shape index (κ1) is 13.0. The number of hydrogen-bond acceptors (Lipinski definition) is 2. The molecule has 1 aromatic carbocycles. The largest absolute Gasteiger partial charge is 0.213 e. The Labute approximate surface area is 103 Å². The summed E-state index contributed by atoms with van der Waals surface area (Å²) < 4.78 is 26.0. The quantitative estimate of drug-likeness (QED) is 0.847. The van der Waals surface area contributed by atoms with Crippen molar-refractivity contribution in [1.82, 2.24) is 4.72 Å². The Morgan fingerprint density at radius 2 is 2.00 bits per heavy atom. The van der Waals surface area contributed by atoms with Crippen LogP contribution in [0.3, 0.4) is 0 Å². The first-order valence-electron chi connectivity index (χ1n) is 4.32. The van der Waals surface area contributed by atoms with Gasteiger partial charge in [0.05, 0.1) is 5.75 Å². The molecule has 0 saturated heterocycles. The molecule has 0 heterocycles. The van der Waals surface area contributed by atoms with Crippen LogP contribution >= 0.6 is 27.5 Å². The average Bonchev–Trinajstić information content (AvgIpc) is 2.16. The fourth-order valence-electron chi connectivity index (χ4n) is 1.00. The maximum atomic E-state index is 11.3. The fraction of sp³-hybridized carbons (Fsp3) is 0.333. The summed E-state index contributed by atoms with van der Waals surface area (Å²) in [5, 5.41) is 0. The Morgan fingerprint density at radius 1 is 1.33 bits per heavy atom. The van der Waals surface area contributed by atoms with Gasteiger partial charge in [-0.15, -0.1) is 11.6 Å². The molecule has 0 saturated carbocycles. The van der Waals surface area contributed by atoms with Gasteiger partial charge in [0.25, 0.3) is 0 Å². The van der Waals surface area contributed by atoms with Crippen LogP contribution < -0.4 is 4.72 Å². The lowest BCUT2D eigenvalue weighted by Crippen LogP contribution is -2.26. The highest BCUT2D eigenvalue weighted by atomic mass is 79.9. The van der Waals surface area contributed by atoms with E-state index in [2.05, 4.69) is 20.7 Å². The van der Waals surface area contributed by atoms with Crippen LogP contribution in [0.5, 0.6) is 0 Å². The molecule has 0 fully saturated rings. The summed E-state index contributed by atoms with van der Waals surface area (Å²) >= 11 is 8.71. The van der Waals surface area contributed by atoms with E-state index in [4.69, 9.17) is 11.6 Å². The Kier molecular flexibility index (Phi) is 5.05. The lowest BCUT2D eigenvalue weighted by atomic mass is 10.2. The summed E-state index contributed by atoms with van der Waals surface area (Å²) in [5.41, 5.74) is 0.899. The molecule has 0 aliphatic heterocycles. The monoisotopic (exact) mass is 311 g/mol. The predicted molar refractivity (Wildman–Crippen MR) is 65.5 cm³/mol. The molecule has 0 amide bonds. The second kappa shape index (κ2) is 5.84. The minimum absolute atomic E-state index is 0.0565. The standard InChI is InChI=1S/C9H11BrClNO2S/c10-9-4-2-1-3-8(9)7-12-15(13,14)6-5-11/h1-4,12H,5-7H2. The van der Waals surface area contributed by atoms with Crippen LogP contribution in [0.25, 0.3) is 0 Å². The SMILES string of the molecule is O=S(=O)(CCCl)NCc1ccccc1Br. The Balaban J connectivity index is 2.62. The summed E-state index contributed by atoms with van der Waals surface area (Å²) in [7, 11) is -3.25. The molecule has 0 aliphatic rings. The first-order chi connectivity index (χ1) is 7.05. The van der Waals surface area contributed by atoms with E-state index in [0.29, 0.717) is 0 Å². The number of benzene rings is 1. The number of halogens is 2. The van der Waals surface area contributed by atoms with E-state index in [9.17, 15) is 8.42 Å². The van der Waals surface area contributed by atoms with Crippen molar-refractivity contribution in [2.75, 3.05) is 11.6 Å². The van der Waals surface area contributed by atoms with Crippen LogP contribution in [0.1, 0.15) is 5.56 Å². The van der Waals surface area contributed by atoms with Gasteiger partial charge in [-0.25, -0.2) is 13.1 Å². The molecule has 0 spiro atoms. The van der Waals surface area contributed by atoms with E-state index >= 15 is 0 Å². The van der Waals surface area contributed by atoms with Gasteiger partial charge in [-0.3, -0.25) is 0 Å². The van der Waals surface area contributed by atoms with Crippen molar-refractivity contribution in [2.45, 2.75) is 6.54 Å². The molecule has 3 nitrogen and oxygen atoms in total. The lowest BCUT2D eigenvalue weighted by Gasteiger charge is -2.06. The Hall–Kier alpha value is -0.100. The van der Waals surface area contributed by atoms with Crippen LogP contribution in [0.4, 0.5) is 0 Å². The molecule has 1 aromatic rings. The van der Waals surface area contributed by atoms with E-state index in [-0.39, 0.29) is 18.2 Å². The third kappa shape index (κ3) is 4.51. The number of nitrogens with one attached hydrogen (secondary N) is 1. The number of hydrogen-bond donors (Lipinski definition) is 1. The molecule has 1 N–H and O–H groups in total. The molecular weight excluding hydrogens is 302 g/mol. The van der Waals surface area contributed by atoms with Crippen molar-refractivity contribution < 1.29 is 8.42 Å². The van der Waals surface area contributed by atoms with Crippen molar-refractivity contribution in [2.24, 2.45) is 0 Å². The van der Waals surface area contributed by atoms with Crippen LogP contribution in [0.2, 0.25) is 0 Å². The second-order valence-electron chi connectivity index (χ2n) is 2.92. The highest BCUT2D eigenvalue weighted by molar-refractivity contribution is 9.10. The zero-order valence-corrected chi connectivity index (χ0v) is 11.1. The zero-order chi connectivity index (χ0) is 11.3. The molecule has 0 bridgehead atoms. The van der Waals surface area contributed by atoms with Crippen molar-refractivity contribution in [3.63, 3.8) is 0 Å². The molecular formula is C9H11BrClNO2S. The van der Waals surface area contributed by atoms with Crippen LogP contribution in [-0.4, -0.2) is 20.1 Å². The normalized spacial score (nSPS) is 11.6. The molecule has 0 radical (unpaired) electrons. The predicted octanol–water partition coefficient (Wildman–Crippen LogP) is 2.11. The summed E-state index contributed by atoms with van der Waals surface area (Å²) in [4.78, 5) is 0. The van der Waals surface area contributed by atoms with Gasteiger partial charge in [0.15, 0.2) is 0 Å². The molecule has 0 atom stereocenters. The van der Waals surface area contributed by atoms with E-state index < -0.39 is 10.0 Å². The Bertz CT molecular complexity index is 422. The number of alkyl halides is 1. The van der Waals surface area contributed by atoms with Crippen molar-refractivity contribution in [3.05, 3.63) is 34.3 Å². The smallest absolute Gasteiger partial charge is 0.212 e. The first-order valence-corrected chi connectivity index (χ1v) is 7.30. The van der Waals surface area contributed by atoms with Gasteiger partial charge >= 0.3 is 0 Å². The second-order valence-corrected chi connectivity index (χ2v) is 6.08. The van der Waals surface area contributed by atoms with Gasteiger partial charge in [0.1, 0.15) is 0 Å². The lowest BCUT2D eigenvalue weighted by molar-refractivity contribution is 0.582.